The number of rotatable bonds is 4. The van der Waals surface area contributed by atoms with E-state index in [0.29, 0.717) is 13.1 Å². The number of hydrogen-bond donors (Lipinski definition) is 3. The average molecular weight is 397 g/mol. The molecule has 2 aliphatic rings. The number of nitrogens with one attached hydrogen (secondary N) is 2. The minimum Gasteiger partial charge on any atom is -0.326 e. The highest BCUT2D eigenvalue weighted by Gasteiger charge is 2.19. The molecular formula is C20H27N7O2. The number of amides is 2. The van der Waals surface area contributed by atoms with Crippen LogP contribution in [0.4, 0.5) is 10.6 Å². The summed E-state index contributed by atoms with van der Waals surface area (Å²) in [6.45, 7) is 5.61. The van der Waals surface area contributed by atoms with Crippen molar-refractivity contribution in [2.75, 3.05) is 44.6 Å². The third kappa shape index (κ3) is 4.81. The zero-order valence-electron chi connectivity index (χ0n) is 16.4. The summed E-state index contributed by atoms with van der Waals surface area (Å²) in [5, 5.41) is 5.90. The molecule has 1 aromatic carbocycles. The number of likely N-dealkylation sites (tertiary alicyclic amines) is 1. The van der Waals surface area contributed by atoms with E-state index in [1.165, 1.54) is 10.1 Å². The quantitative estimate of drug-likeness (QED) is 0.680. The third-order valence-corrected chi connectivity index (χ3v) is 5.37. The van der Waals surface area contributed by atoms with Gasteiger partial charge in [0.25, 0.3) is 0 Å². The lowest BCUT2D eigenvalue weighted by Crippen LogP contribution is -2.48. The van der Waals surface area contributed by atoms with Crippen molar-refractivity contribution in [1.29, 1.82) is 0 Å². The van der Waals surface area contributed by atoms with Crippen LogP contribution in [0, 0.1) is 0 Å². The van der Waals surface area contributed by atoms with Crippen LogP contribution >= 0.6 is 0 Å². The number of aromatic nitrogens is 2. The van der Waals surface area contributed by atoms with Crippen molar-refractivity contribution >= 4 is 11.8 Å². The molecule has 1 atom stereocenters. The maximum atomic E-state index is 12.5. The van der Waals surface area contributed by atoms with Crippen LogP contribution in [-0.4, -0.2) is 70.7 Å². The van der Waals surface area contributed by atoms with Crippen LogP contribution in [0.5, 0.6) is 0 Å². The number of nitrogens with zero attached hydrogens (tertiary/aromatic N) is 4. The Morgan fingerprint density at radius 3 is 2.59 bits per heavy atom. The monoisotopic (exact) mass is 397 g/mol. The van der Waals surface area contributed by atoms with Gasteiger partial charge >= 0.3 is 11.7 Å². The highest BCUT2D eigenvalue weighted by molar-refractivity contribution is 5.88. The zero-order valence-corrected chi connectivity index (χ0v) is 16.4. The molecule has 2 fully saturated rings. The minimum atomic E-state index is -0.429. The third-order valence-electron chi connectivity index (χ3n) is 5.37. The van der Waals surface area contributed by atoms with Crippen LogP contribution in [0.25, 0.3) is 5.69 Å². The number of nitrogens with two attached hydrogens (primary N) is 1. The van der Waals surface area contributed by atoms with Gasteiger partial charge in [-0.2, -0.15) is 4.98 Å². The van der Waals surface area contributed by atoms with E-state index in [4.69, 9.17) is 5.73 Å². The molecule has 2 amide bonds. The highest BCUT2D eigenvalue weighted by Crippen LogP contribution is 2.14. The number of carbonyl (C=O) groups is 1. The Morgan fingerprint density at radius 1 is 1.17 bits per heavy atom. The second-order valence-electron chi connectivity index (χ2n) is 7.58. The van der Waals surface area contributed by atoms with Gasteiger partial charge in [0, 0.05) is 58.1 Å². The Hall–Kier alpha value is -2.75. The van der Waals surface area contributed by atoms with Gasteiger partial charge < -0.3 is 16.0 Å². The van der Waals surface area contributed by atoms with E-state index in [0.717, 1.165) is 44.8 Å². The van der Waals surface area contributed by atoms with Crippen LogP contribution in [0.3, 0.4) is 0 Å². The first-order valence-electron chi connectivity index (χ1n) is 10.0. The standard InChI is InChI=1S/C20H27N7O2/c21-16-5-9-25(14-16)13-15-1-3-17(4-2-15)27-10-6-18(24-20(27)29)23-19(28)26-11-7-22-8-12-26/h1-4,6,10,16,22H,5,7-9,11-14,21H2,(H,23,24,28,29)/t16-/m0/s1. The van der Waals surface area contributed by atoms with E-state index in [1.54, 1.807) is 17.2 Å². The van der Waals surface area contributed by atoms with Crippen LogP contribution in [0.2, 0.25) is 0 Å². The molecule has 2 aromatic rings. The highest BCUT2D eigenvalue weighted by atomic mass is 16.2. The maximum Gasteiger partial charge on any atom is 0.354 e. The summed E-state index contributed by atoms with van der Waals surface area (Å²) in [6, 6.07) is 9.53. The normalized spacial score (nSPS) is 20.0. The molecule has 1 aromatic heterocycles. The SMILES string of the molecule is N[C@H]1CCN(Cc2ccc(-n3ccc(NC(=O)N4CCNCC4)nc3=O)cc2)C1. The Bertz CT molecular complexity index is 906. The zero-order chi connectivity index (χ0) is 20.2. The van der Waals surface area contributed by atoms with Gasteiger partial charge in [0.1, 0.15) is 5.82 Å². The molecule has 9 heteroatoms. The van der Waals surface area contributed by atoms with Crippen LogP contribution < -0.4 is 22.1 Å². The van der Waals surface area contributed by atoms with E-state index in [-0.39, 0.29) is 17.9 Å². The van der Waals surface area contributed by atoms with Gasteiger partial charge in [-0.25, -0.2) is 9.59 Å². The molecule has 2 aliphatic heterocycles. The van der Waals surface area contributed by atoms with Gasteiger partial charge in [-0.15, -0.1) is 0 Å². The topological polar surface area (TPSA) is 109 Å². The molecule has 154 valence electrons. The molecule has 29 heavy (non-hydrogen) atoms. The van der Waals surface area contributed by atoms with Gasteiger partial charge in [-0.05, 0) is 30.2 Å². The van der Waals surface area contributed by atoms with E-state index in [1.807, 2.05) is 24.3 Å². The molecule has 0 saturated carbocycles. The molecule has 0 radical (unpaired) electrons. The van der Waals surface area contributed by atoms with Crippen LogP contribution in [0.1, 0.15) is 12.0 Å². The molecule has 3 heterocycles. The number of benzene rings is 1. The fraction of sp³-hybridized carbons (Fsp3) is 0.450. The van der Waals surface area contributed by atoms with Crippen LogP contribution in [-0.2, 0) is 6.54 Å². The molecule has 0 unspecified atom stereocenters. The van der Waals surface area contributed by atoms with E-state index < -0.39 is 5.69 Å². The first-order valence-corrected chi connectivity index (χ1v) is 10.0. The Labute approximate surface area is 169 Å². The molecular weight excluding hydrogens is 370 g/mol. The number of hydrogen-bond acceptors (Lipinski definition) is 6. The summed E-state index contributed by atoms with van der Waals surface area (Å²) in [5.41, 5.74) is 7.46. The Morgan fingerprint density at radius 2 is 1.93 bits per heavy atom. The Balaban J connectivity index is 1.41. The smallest absolute Gasteiger partial charge is 0.326 e. The summed E-state index contributed by atoms with van der Waals surface area (Å²) >= 11 is 0. The fourth-order valence-corrected chi connectivity index (χ4v) is 3.75. The number of anilines is 1. The largest absolute Gasteiger partial charge is 0.354 e. The second-order valence-corrected chi connectivity index (χ2v) is 7.58. The summed E-state index contributed by atoms with van der Waals surface area (Å²) in [4.78, 5) is 32.8. The van der Waals surface area contributed by atoms with Gasteiger partial charge in [0.2, 0.25) is 0 Å². The Kier molecular flexibility index (Phi) is 5.89. The van der Waals surface area contributed by atoms with Gasteiger partial charge in [-0.1, -0.05) is 12.1 Å². The molecule has 9 nitrogen and oxygen atoms in total. The lowest BCUT2D eigenvalue weighted by Gasteiger charge is -2.27. The van der Waals surface area contributed by atoms with E-state index >= 15 is 0 Å². The predicted molar refractivity (Wildman–Crippen MR) is 111 cm³/mol. The van der Waals surface area contributed by atoms with Crippen molar-refractivity contribution < 1.29 is 4.79 Å². The van der Waals surface area contributed by atoms with Crippen LogP contribution in [0.15, 0.2) is 41.3 Å². The van der Waals surface area contributed by atoms with E-state index in [9.17, 15) is 9.59 Å². The molecule has 4 rings (SSSR count). The molecule has 2 saturated heterocycles. The van der Waals surface area contributed by atoms with Crippen molar-refractivity contribution in [3.63, 3.8) is 0 Å². The minimum absolute atomic E-state index is 0.234. The second kappa shape index (κ2) is 8.73. The summed E-state index contributed by atoms with van der Waals surface area (Å²) in [6.07, 6.45) is 2.67. The number of piperazine rings is 1. The van der Waals surface area contributed by atoms with Crippen molar-refractivity contribution in [3.8, 4) is 5.69 Å². The van der Waals surface area contributed by atoms with Gasteiger partial charge in [0.05, 0.1) is 5.69 Å². The lowest BCUT2D eigenvalue weighted by molar-refractivity contribution is 0.204. The lowest BCUT2D eigenvalue weighted by atomic mass is 10.2. The van der Waals surface area contributed by atoms with Crippen molar-refractivity contribution in [3.05, 3.63) is 52.6 Å². The molecule has 0 aliphatic carbocycles. The van der Waals surface area contributed by atoms with Crippen molar-refractivity contribution in [1.82, 2.24) is 24.7 Å². The summed E-state index contributed by atoms with van der Waals surface area (Å²) in [5.74, 6) is 0.261. The molecule has 0 bridgehead atoms. The molecule has 4 N–H and O–H groups in total. The average Bonchev–Trinajstić information content (AvgIpc) is 3.14. The fourth-order valence-electron chi connectivity index (χ4n) is 3.75. The predicted octanol–water partition coefficient (Wildman–Crippen LogP) is 0.203. The maximum absolute atomic E-state index is 12.5. The number of carbonyl (C=O) groups excluding carboxylic acids is 1. The van der Waals surface area contributed by atoms with E-state index in [2.05, 4.69) is 20.5 Å². The first-order chi connectivity index (χ1) is 14.1. The van der Waals surface area contributed by atoms with Crippen molar-refractivity contribution in [2.45, 2.75) is 19.0 Å². The van der Waals surface area contributed by atoms with Gasteiger partial charge in [0.15, 0.2) is 0 Å². The first kappa shape index (κ1) is 19.6. The number of urea groups is 1. The summed E-state index contributed by atoms with van der Waals surface area (Å²) < 4.78 is 1.47. The summed E-state index contributed by atoms with van der Waals surface area (Å²) in [7, 11) is 0. The van der Waals surface area contributed by atoms with Gasteiger partial charge in [-0.3, -0.25) is 14.8 Å². The van der Waals surface area contributed by atoms with Crippen molar-refractivity contribution in [2.24, 2.45) is 5.73 Å². The molecule has 0 spiro atoms.